The molecule has 0 aliphatic carbocycles. The number of benzene rings is 2. The molecule has 3 aromatic rings. The summed E-state index contributed by atoms with van der Waals surface area (Å²) in [6.07, 6.45) is 3.23. The minimum atomic E-state index is -3.72. The van der Waals surface area contributed by atoms with Gasteiger partial charge in [-0.25, -0.2) is 13.6 Å². The number of nitrogens with two attached hydrogens (primary N) is 1. The zero-order chi connectivity index (χ0) is 19.6. The van der Waals surface area contributed by atoms with Crippen molar-refractivity contribution in [3.8, 4) is 0 Å². The van der Waals surface area contributed by atoms with Gasteiger partial charge < -0.3 is 9.47 Å². The van der Waals surface area contributed by atoms with Gasteiger partial charge in [-0.15, -0.1) is 0 Å². The second-order valence-electron chi connectivity index (χ2n) is 7.99. The highest BCUT2D eigenvalue weighted by atomic mass is 32.2. The SMILES string of the molecule is Cc1cc2c3c(c1)c1c(n3CC(c3cccc(S(N)(=O)=O)c3)=C2)CCN(C)C1. The second kappa shape index (κ2) is 6.04. The maximum Gasteiger partial charge on any atom is 0.238 e. The summed E-state index contributed by atoms with van der Waals surface area (Å²) in [7, 11) is -1.55. The lowest BCUT2D eigenvalue weighted by atomic mass is 9.97. The number of hydrogen-bond acceptors (Lipinski definition) is 3. The number of allylic oxidation sites excluding steroid dienone is 1. The smallest absolute Gasteiger partial charge is 0.238 e. The van der Waals surface area contributed by atoms with Gasteiger partial charge in [0.15, 0.2) is 0 Å². The molecule has 0 saturated heterocycles. The van der Waals surface area contributed by atoms with Gasteiger partial charge in [0.2, 0.25) is 10.0 Å². The Morgan fingerprint density at radius 1 is 1.11 bits per heavy atom. The molecule has 0 unspecified atom stereocenters. The fraction of sp³-hybridized carbons (Fsp3) is 0.273. The number of nitrogens with zero attached hydrogens (tertiary/aromatic N) is 2. The maximum absolute atomic E-state index is 11.8. The average molecular weight is 394 g/mol. The molecule has 5 nitrogen and oxygen atoms in total. The lowest BCUT2D eigenvalue weighted by molar-refractivity contribution is 0.310. The molecule has 0 fully saturated rings. The van der Waals surface area contributed by atoms with Gasteiger partial charge in [-0.3, -0.25) is 0 Å². The Bertz CT molecular complexity index is 1270. The number of aryl methyl sites for hydroxylation is 1. The monoisotopic (exact) mass is 393 g/mol. The van der Waals surface area contributed by atoms with E-state index in [1.54, 1.807) is 18.2 Å². The van der Waals surface area contributed by atoms with Crippen LogP contribution in [0.1, 0.15) is 27.9 Å². The molecule has 0 spiro atoms. The minimum Gasteiger partial charge on any atom is -0.339 e. The van der Waals surface area contributed by atoms with E-state index in [0.29, 0.717) is 0 Å². The number of hydrogen-bond donors (Lipinski definition) is 1. The molecule has 0 atom stereocenters. The Morgan fingerprint density at radius 3 is 2.71 bits per heavy atom. The molecule has 0 amide bonds. The van der Waals surface area contributed by atoms with E-state index in [0.717, 1.165) is 37.2 Å². The van der Waals surface area contributed by atoms with Crippen molar-refractivity contribution in [2.75, 3.05) is 13.6 Å². The highest BCUT2D eigenvalue weighted by molar-refractivity contribution is 7.89. The fourth-order valence-corrected chi connectivity index (χ4v) is 5.19. The molecular formula is C22H23N3O2S. The minimum absolute atomic E-state index is 0.155. The molecule has 1 aromatic heterocycles. The molecule has 2 aromatic carbocycles. The van der Waals surface area contributed by atoms with Crippen LogP contribution in [-0.4, -0.2) is 31.5 Å². The number of primary sulfonamides is 1. The molecule has 144 valence electrons. The van der Waals surface area contributed by atoms with Crippen LogP contribution in [0.5, 0.6) is 0 Å². The first-order valence-corrected chi connectivity index (χ1v) is 11.0. The Kier molecular flexibility index (Phi) is 3.81. The average Bonchev–Trinajstić information content (AvgIpc) is 2.95. The second-order valence-corrected chi connectivity index (χ2v) is 9.55. The molecule has 0 bridgehead atoms. The third-order valence-electron chi connectivity index (χ3n) is 5.90. The molecule has 0 radical (unpaired) electrons. The zero-order valence-corrected chi connectivity index (χ0v) is 16.9. The first kappa shape index (κ1) is 17.7. The van der Waals surface area contributed by atoms with E-state index in [4.69, 9.17) is 5.14 Å². The highest BCUT2D eigenvalue weighted by Crippen LogP contribution is 2.39. The van der Waals surface area contributed by atoms with Gasteiger partial charge in [0, 0.05) is 37.1 Å². The lowest BCUT2D eigenvalue weighted by Crippen LogP contribution is -2.27. The molecular weight excluding hydrogens is 370 g/mol. The standard InChI is InChI=1S/C22H23N3O2S/c1-14-8-16-10-17(15-4-3-5-18(11-15)28(23,26)27)12-25-21-6-7-24(2)13-20(21)19(9-14)22(16)25/h3-5,8-11H,6-7,12-13H2,1-2H3,(H2,23,26,27). The zero-order valence-electron chi connectivity index (χ0n) is 16.1. The number of rotatable bonds is 2. The summed E-state index contributed by atoms with van der Waals surface area (Å²) in [4.78, 5) is 2.53. The number of sulfonamides is 1. The summed E-state index contributed by atoms with van der Waals surface area (Å²) in [5.41, 5.74) is 8.61. The summed E-state index contributed by atoms with van der Waals surface area (Å²) < 4.78 is 26.0. The van der Waals surface area contributed by atoms with Crippen molar-refractivity contribution in [2.45, 2.75) is 31.3 Å². The molecule has 6 heteroatoms. The van der Waals surface area contributed by atoms with Crippen LogP contribution >= 0.6 is 0 Å². The van der Waals surface area contributed by atoms with Crippen molar-refractivity contribution in [2.24, 2.45) is 5.14 Å². The van der Waals surface area contributed by atoms with E-state index in [9.17, 15) is 8.42 Å². The Labute approximate surface area is 165 Å². The van der Waals surface area contributed by atoms with Crippen LogP contribution in [0, 0.1) is 6.92 Å². The van der Waals surface area contributed by atoms with Crippen LogP contribution in [0.15, 0.2) is 41.3 Å². The van der Waals surface area contributed by atoms with E-state index < -0.39 is 10.0 Å². The van der Waals surface area contributed by atoms with Crippen LogP contribution in [-0.2, 0) is 29.5 Å². The van der Waals surface area contributed by atoms with Crippen LogP contribution < -0.4 is 5.14 Å². The van der Waals surface area contributed by atoms with Gasteiger partial charge in [0.05, 0.1) is 10.4 Å². The Balaban J connectivity index is 1.71. The third-order valence-corrected chi connectivity index (χ3v) is 6.81. The third kappa shape index (κ3) is 2.71. The summed E-state index contributed by atoms with van der Waals surface area (Å²) in [6.45, 7) is 4.91. The summed E-state index contributed by atoms with van der Waals surface area (Å²) in [6, 6.07) is 11.5. The number of aromatic nitrogens is 1. The summed E-state index contributed by atoms with van der Waals surface area (Å²) >= 11 is 0. The van der Waals surface area contributed by atoms with Crippen molar-refractivity contribution in [3.05, 3.63) is 64.3 Å². The topological polar surface area (TPSA) is 68.3 Å². The fourth-order valence-electron chi connectivity index (χ4n) is 4.64. The van der Waals surface area contributed by atoms with Crippen LogP contribution in [0.4, 0.5) is 0 Å². The van der Waals surface area contributed by atoms with Crippen LogP contribution in [0.3, 0.4) is 0 Å². The largest absolute Gasteiger partial charge is 0.339 e. The first-order chi connectivity index (χ1) is 13.3. The number of fused-ring (bicyclic) bond motifs is 3. The summed E-state index contributed by atoms with van der Waals surface area (Å²) in [5, 5.41) is 6.70. The van der Waals surface area contributed by atoms with Crippen LogP contribution in [0.25, 0.3) is 22.6 Å². The highest BCUT2D eigenvalue weighted by Gasteiger charge is 2.26. The van der Waals surface area contributed by atoms with Gasteiger partial charge in [-0.2, -0.15) is 0 Å². The molecule has 2 aliphatic heterocycles. The quantitative estimate of drug-likeness (QED) is 0.727. The van der Waals surface area contributed by atoms with Crippen molar-refractivity contribution < 1.29 is 8.42 Å². The van der Waals surface area contributed by atoms with Crippen molar-refractivity contribution in [3.63, 3.8) is 0 Å². The van der Waals surface area contributed by atoms with E-state index >= 15 is 0 Å². The van der Waals surface area contributed by atoms with Crippen molar-refractivity contribution >= 4 is 32.6 Å². The predicted octanol–water partition coefficient (Wildman–Crippen LogP) is 3.14. The van der Waals surface area contributed by atoms with Crippen molar-refractivity contribution in [1.29, 1.82) is 0 Å². The van der Waals surface area contributed by atoms with Crippen molar-refractivity contribution in [1.82, 2.24) is 9.47 Å². The van der Waals surface area contributed by atoms with E-state index in [2.05, 4.69) is 41.6 Å². The van der Waals surface area contributed by atoms with E-state index in [-0.39, 0.29) is 4.90 Å². The molecule has 28 heavy (non-hydrogen) atoms. The van der Waals surface area contributed by atoms with Gasteiger partial charge in [-0.05, 0) is 72.1 Å². The lowest BCUT2D eigenvalue weighted by Gasteiger charge is -2.25. The normalized spacial score (nSPS) is 16.9. The Morgan fingerprint density at radius 2 is 1.93 bits per heavy atom. The summed E-state index contributed by atoms with van der Waals surface area (Å²) in [5.74, 6) is 0. The Hall–Kier alpha value is -2.41. The predicted molar refractivity (Wildman–Crippen MR) is 112 cm³/mol. The van der Waals surface area contributed by atoms with Gasteiger partial charge in [0.1, 0.15) is 0 Å². The molecule has 3 heterocycles. The number of likely N-dealkylation sites (N-methyl/N-ethyl adjacent to an activating group) is 1. The van der Waals surface area contributed by atoms with Gasteiger partial charge in [0.25, 0.3) is 0 Å². The van der Waals surface area contributed by atoms with E-state index in [1.165, 1.54) is 33.3 Å². The molecule has 2 aliphatic rings. The first-order valence-electron chi connectivity index (χ1n) is 9.48. The van der Waals surface area contributed by atoms with E-state index in [1.807, 2.05) is 6.07 Å². The maximum atomic E-state index is 11.8. The van der Waals surface area contributed by atoms with Gasteiger partial charge in [-0.1, -0.05) is 12.1 Å². The van der Waals surface area contributed by atoms with Crippen LogP contribution in [0.2, 0.25) is 0 Å². The molecule has 2 N–H and O–H groups in total. The van der Waals surface area contributed by atoms with Gasteiger partial charge >= 0.3 is 0 Å². The molecule has 5 rings (SSSR count). The molecule has 0 saturated carbocycles.